The van der Waals surface area contributed by atoms with Gasteiger partial charge < -0.3 is 19.7 Å². The van der Waals surface area contributed by atoms with Crippen molar-refractivity contribution < 1.29 is 14.3 Å². The molecule has 1 N–H and O–H groups in total. The number of rotatable bonds is 7. The smallest absolute Gasteiger partial charge is 0.244 e. The van der Waals surface area contributed by atoms with E-state index < -0.39 is 0 Å². The monoisotopic (exact) mass is 335 g/mol. The molecule has 1 aromatic rings. The van der Waals surface area contributed by atoms with Gasteiger partial charge in [0.05, 0.1) is 14.2 Å². The van der Waals surface area contributed by atoms with Gasteiger partial charge in [0, 0.05) is 44.8 Å². The Kier molecular flexibility index (Phi) is 6.87. The van der Waals surface area contributed by atoms with Crippen LogP contribution in [0.2, 0.25) is 0 Å². The lowest BCUT2D eigenvalue weighted by molar-refractivity contribution is -0.137. The molecule has 0 aliphatic carbocycles. The van der Waals surface area contributed by atoms with E-state index in [1.165, 1.54) is 0 Å². The van der Waals surface area contributed by atoms with Crippen LogP contribution in [0.25, 0.3) is 0 Å². The summed E-state index contributed by atoms with van der Waals surface area (Å²) < 4.78 is 10.9. The van der Waals surface area contributed by atoms with E-state index in [-0.39, 0.29) is 11.9 Å². The van der Waals surface area contributed by atoms with Crippen molar-refractivity contribution in [2.24, 2.45) is 0 Å². The van der Waals surface area contributed by atoms with Crippen molar-refractivity contribution >= 4 is 5.91 Å². The molecule has 2 rings (SSSR count). The highest BCUT2D eigenvalue weighted by Gasteiger charge is 2.33. The fourth-order valence-electron chi connectivity index (χ4n) is 3.19. The number of hydrogen-bond donors (Lipinski definition) is 1. The van der Waals surface area contributed by atoms with E-state index >= 15 is 0 Å². The molecule has 134 valence electrons. The first-order valence-corrected chi connectivity index (χ1v) is 8.61. The Hall–Kier alpha value is -1.79. The SMILES string of the molecule is CCN(CC)C(=O)C(c1cc(OC)ccc1OC)N1CCNCC1. The summed E-state index contributed by atoms with van der Waals surface area (Å²) in [6.45, 7) is 8.85. The lowest BCUT2D eigenvalue weighted by Gasteiger charge is -2.37. The van der Waals surface area contributed by atoms with Gasteiger partial charge in [0.1, 0.15) is 17.5 Å². The Morgan fingerprint density at radius 3 is 2.42 bits per heavy atom. The summed E-state index contributed by atoms with van der Waals surface area (Å²) in [5.41, 5.74) is 0.871. The molecule has 6 heteroatoms. The van der Waals surface area contributed by atoms with E-state index in [4.69, 9.17) is 9.47 Å². The topological polar surface area (TPSA) is 54.0 Å². The van der Waals surface area contributed by atoms with Gasteiger partial charge in [-0.1, -0.05) is 0 Å². The zero-order valence-electron chi connectivity index (χ0n) is 15.2. The first-order chi connectivity index (χ1) is 11.7. The summed E-state index contributed by atoms with van der Waals surface area (Å²) >= 11 is 0. The van der Waals surface area contributed by atoms with Crippen LogP contribution < -0.4 is 14.8 Å². The van der Waals surface area contributed by atoms with Gasteiger partial charge in [0.15, 0.2) is 0 Å². The number of carbonyl (C=O) groups excluding carboxylic acids is 1. The van der Waals surface area contributed by atoms with E-state index in [0.29, 0.717) is 13.1 Å². The lowest BCUT2D eigenvalue weighted by Crippen LogP contribution is -2.50. The van der Waals surface area contributed by atoms with Crippen LogP contribution in [0, 0.1) is 0 Å². The first-order valence-electron chi connectivity index (χ1n) is 8.61. The van der Waals surface area contributed by atoms with E-state index in [2.05, 4.69) is 10.2 Å². The highest BCUT2D eigenvalue weighted by Crippen LogP contribution is 2.34. The van der Waals surface area contributed by atoms with Gasteiger partial charge in [-0.05, 0) is 32.0 Å². The molecule has 0 radical (unpaired) electrons. The number of methoxy groups -OCH3 is 2. The average Bonchev–Trinajstić information content (AvgIpc) is 2.63. The number of carbonyl (C=O) groups is 1. The third kappa shape index (κ3) is 3.99. The molecular weight excluding hydrogens is 306 g/mol. The summed E-state index contributed by atoms with van der Waals surface area (Å²) in [7, 11) is 3.28. The fourth-order valence-corrected chi connectivity index (χ4v) is 3.19. The predicted octanol–water partition coefficient (Wildman–Crippen LogP) is 1.52. The Bertz CT molecular complexity index is 540. The van der Waals surface area contributed by atoms with Gasteiger partial charge in [-0.2, -0.15) is 0 Å². The van der Waals surface area contributed by atoms with Gasteiger partial charge >= 0.3 is 0 Å². The van der Waals surface area contributed by atoms with Crippen molar-refractivity contribution in [2.75, 3.05) is 53.5 Å². The fraction of sp³-hybridized carbons (Fsp3) is 0.611. The van der Waals surface area contributed by atoms with Crippen LogP contribution in [0.5, 0.6) is 11.5 Å². The molecule has 24 heavy (non-hydrogen) atoms. The number of likely N-dealkylation sites (N-methyl/N-ethyl adjacent to an activating group) is 1. The minimum absolute atomic E-state index is 0.119. The van der Waals surface area contributed by atoms with Crippen LogP contribution in [0.4, 0.5) is 0 Å². The van der Waals surface area contributed by atoms with Crippen molar-refractivity contribution in [3.05, 3.63) is 23.8 Å². The van der Waals surface area contributed by atoms with Crippen LogP contribution in [0.1, 0.15) is 25.5 Å². The minimum Gasteiger partial charge on any atom is -0.497 e. The maximum Gasteiger partial charge on any atom is 0.244 e. The predicted molar refractivity (Wildman–Crippen MR) is 94.7 cm³/mol. The summed E-state index contributed by atoms with van der Waals surface area (Å²) in [6.07, 6.45) is 0. The Morgan fingerprint density at radius 2 is 1.88 bits per heavy atom. The van der Waals surface area contributed by atoms with Gasteiger partial charge in [-0.3, -0.25) is 9.69 Å². The highest BCUT2D eigenvalue weighted by atomic mass is 16.5. The lowest BCUT2D eigenvalue weighted by atomic mass is 10.0. The van der Waals surface area contributed by atoms with Crippen molar-refractivity contribution in [1.29, 1.82) is 0 Å². The molecule has 1 aliphatic heterocycles. The molecular formula is C18H29N3O3. The molecule has 1 unspecified atom stereocenters. The summed E-state index contributed by atoms with van der Waals surface area (Å²) in [5, 5.41) is 3.35. The second kappa shape index (κ2) is 8.89. The number of hydrogen-bond acceptors (Lipinski definition) is 5. The number of nitrogens with zero attached hydrogens (tertiary/aromatic N) is 2. The number of benzene rings is 1. The Labute approximate surface area is 144 Å². The molecule has 1 fully saturated rings. The Balaban J connectivity index is 2.46. The zero-order valence-corrected chi connectivity index (χ0v) is 15.2. The molecule has 1 amide bonds. The summed E-state index contributed by atoms with van der Waals surface area (Å²) in [4.78, 5) is 17.4. The van der Waals surface area contributed by atoms with Crippen LogP contribution >= 0.6 is 0 Å². The number of nitrogens with one attached hydrogen (secondary N) is 1. The van der Waals surface area contributed by atoms with Gasteiger partial charge in [-0.15, -0.1) is 0 Å². The molecule has 0 bridgehead atoms. The summed E-state index contributed by atoms with van der Waals surface area (Å²) in [6, 6.07) is 5.31. The van der Waals surface area contributed by atoms with Crippen molar-refractivity contribution in [3.63, 3.8) is 0 Å². The quantitative estimate of drug-likeness (QED) is 0.819. The third-order valence-corrected chi connectivity index (χ3v) is 4.56. The minimum atomic E-state index is -0.350. The van der Waals surface area contributed by atoms with Gasteiger partial charge in [0.25, 0.3) is 0 Å². The van der Waals surface area contributed by atoms with E-state index in [0.717, 1.165) is 43.2 Å². The standard InChI is InChI=1S/C18H29N3O3/c1-5-20(6-2)18(22)17(21-11-9-19-10-12-21)15-13-14(23-3)7-8-16(15)24-4/h7-8,13,17,19H,5-6,9-12H2,1-4H3. The second-order valence-corrected chi connectivity index (χ2v) is 5.81. The van der Waals surface area contributed by atoms with Crippen molar-refractivity contribution in [3.8, 4) is 11.5 Å². The highest BCUT2D eigenvalue weighted by molar-refractivity contribution is 5.84. The van der Waals surface area contributed by atoms with Gasteiger partial charge in [-0.25, -0.2) is 0 Å². The number of ether oxygens (including phenoxy) is 2. The zero-order chi connectivity index (χ0) is 17.5. The largest absolute Gasteiger partial charge is 0.497 e. The van der Waals surface area contributed by atoms with Crippen LogP contribution in [-0.4, -0.2) is 69.2 Å². The molecule has 0 aromatic heterocycles. The normalized spacial score (nSPS) is 16.5. The molecule has 1 aromatic carbocycles. The summed E-state index contributed by atoms with van der Waals surface area (Å²) in [5.74, 6) is 1.58. The third-order valence-electron chi connectivity index (χ3n) is 4.56. The van der Waals surface area contributed by atoms with Crippen molar-refractivity contribution in [1.82, 2.24) is 15.1 Å². The van der Waals surface area contributed by atoms with E-state index in [9.17, 15) is 4.79 Å². The molecule has 1 aliphatic rings. The molecule has 1 atom stereocenters. The van der Waals surface area contributed by atoms with Crippen LogP contribution in [0.15, 0.2) is 18.2 Å². The van der Waals surface area contributed by atoms with Crippen LogP contribution in [-0.2, 0) is 4.79 Å². The van der Waals surface area contributed by atoms with E-state index in [1.54, 1.807) is 14.2 Å². The van der Waals surface area contributed by atoms with E-state index in [1.807, 2.05) is 36.9 Å². The molecule has 1 heterocycles. The maximum absolute atomic E-state index is 13.2. The van der Waals surface area contributed by atoms with Crippen LogP contribution in [0.3, 0.4) is 0 Å². The average molecular weight is 335 g/mol. The molecule has 0 saturated carbocycles. The van der Waals surface area contributed by atoms with Crippen molar-refractivity contribution in [2.45, 2.75) is 19.9 Å². The maximum atomic E-state index is 13.2. The molecule has 0 spiro atoms. The second-order valence-electron chi connectivity index (χ2n) is 5.81. The first kappa shape index (κ1) is 18.5. The Morgan fingerprint density at radius 1 is 1.21 bits per heavy atom. The number of piperazine rings is 1. The molecule has 1 saturated heterocycles. The van der Waals surface area contributed by atoms with Gasteiger partial charge in [0.2, 0.25) is 5.91 Å². The molecule has 6 nitrogen and oxygen atoms in total. The number of amides is 1.